The number of fused-ring (bicyclic) bond motifs is 1. The molecule has 1 aromatic heterocycles. The van der Waals surface area contributed by atoms with Crippen molar-refractivity contribution in [3.8, 4) is 0 Å². The van der Waals surface area contributed by atoms with E-state index in [1.807, 2.05) is 25.1 Å². The van der Waals surface area contributed by atoms with Crippen molar-refractivity contribution in [3.05, 3.63) is 45.7 Å². The number of β-amino-alcohol motifs (C(OH)–C–C–N with tert-alkyl or cyclic N) is 1. The number of nitrogens with zero attached hydrogens (tertiary/aromatic N) is 1. The summed E-state index contributed by atoms with van der Waals surface area (Å²) in [5.74, 6) is 0. The number of H-pyrrole nitrogens is 1. The number of aromatic amines is 1. The highest BCUT2D eigenvalue weighted by atomic mass is 16.3. The number of nitrogens with one attached hydrogen (secondary N) is 1. The van der Waals surface area contributed by atoms with Crippen molar-refractivity contribution < 1.29 is 5.11 Å². The van der Waals surface area contributed by atoms with Crippen LogP contribution in [0.5, 0.6) is 0 Å². The molecule has 0 spiro atoms. The number of benzene rings is 1. The van der Waals surface area contributed by atoms with Crippen molar-refractivity contribution in [1.82, 2.24) is 9.88 Å². The van der Waals surface area contributed by atoms with E-state index in [9.17, 15) is 9.90 Å². The number of hydrogen-bond acceptors (Lipinski definition) is 3. The molecule has 0 saturated carbocycles. The molecule has 1 atom stereocenters. The Bertz CT molecular complexity index is 737. The van der Waals surface area contributed by atoms with E-state index in [1.54, 1.807) is 0 Å². The average Bonchev–Trinajstić information content (AvgIpc) is 2.49. The first-order chi connectivity index (χ1) is 10.5. The Morgan fingerprint density at radius 2 is 2.18 bits per heavy atom. The van der Waals surface area contributed by atoms with Gasteiger partial charge in [-0.15, -0.1) is 0 Å². The lowest BCUT2D eigenvalue weighted by Gasteiger charge is -2.38. The summed E-state index contributed by atoms with van der Waals surface area (Å²) in [6, 6.07) is 8.03. The van der Waals surface area contributed by atoms with E-state index >= 15 is 0 Å². The Balaban J connectivity index is 1.87. The Labute approximate surface area is 130 Å². The van der Waals surface area contributed by atoms with E-state index in [1.165, 1.54) is 5.56 Å². The number of aromatic nitrogens is 1. The summed E-state index contributed by atoms with van der Waals surface area (Å²) in [6.07, 6.45) is 2.60. The standard InChI is InChI=1S/C18H24N2O2/c1-3-18(22)7-4-8-20(12-18)11-15-10-14-9-13(2)5-6-16(14)19-17(15)21/h5-6,9-10,22H,3-4,7-8,11-12H2,1-2H3,(H,19,21). The van der Waals surface area contributed by atoms with Crippen molar-refractivity contribution in [1.29, 1.82) is 0 Å². The number of aliphatic hydroxyl groups is 1. The van der Waals surface area contributed by atoms with Crippen LogP contribution >= 0.6 is 0 Å². The molecule has 0 radical (unpaired) electrons. The Kier molecular flexibility index (Phi) is 4.06. The molecular weight excluding hydrogens is 276 g/mol. The second-order valence-electron chi connectivity index (χ2n) is 6.61. The normalized spacial score (nSPS) is 23.0. The average molecular weight is 300 g/mol. The van der Waals surface area contributed by atoms with Crippen molar-refractivity contribution >= 4 is 10.9 Å². The molecule has 3 rings (SSSR count). The number of rotatable bonds is 3. The van der Waals surface area contributed by atoms with Gasteiger partial charge < -0.3 is 10.1 Å². The highest BCUT2D eigenvalue weighted by Gasteiger charge is 2.31. The van der Waals surface area contributed by atoms with Crippen LogP contribution in [-0.4, -0.2) is 33.7 Å². The highest BCUT2D eigenvalue weighted by Crippen LogP contribution is 2.25. The second-order valence-corrected chi connectivity index (χ2v) is 6.61. The molecular formula is C18H24N2O2. The molecule has 118 valence electrons. The zero-order chi connectivity index (χ0) is 15.7. The van der Waals surface area contributed by atoms with Gasteiger partial charge in [0.05, 0.1) is 5.60 Å². The number of hydrogen-bond donors (Lipinski definition) is 2. The zero-order valence-electron chi connectivity index (χ0n) is 13.4. The topological polar surface area (TPSA) is 56.3 Å². The van der Waals surface area contributed by atoms with Gasteiger partial charge in [-0.2, -0.15) is 0 Å². The first-order valence-electron chi connectivity index (χ1n) is 8.06. The van der Waals surface area contributed by atoms with Gasteiger partial charge in [-0.25, -0.2) is 0 Å². The maximum atomic E-state index is 12.3. The van der Waals surface area contributed by atoms with Crippen molar-refractivity contribution in [3.63, 3.8) is 0 Å². The van der Waals surface area contributed by atoms with Gasteiger partial charge in [0.2, 0.25) is 0 Å². The molecule has 2 aromatic rings. The number of pyridine rings is 1. The fraction of sp³-hybridized carbons (Fsp3) is 0.500. The Morgan fingerprint density at radius 3 is 2.95 bits per heavy atom. The molecule has 2 heterocycles. The Morgan fingerprint density at radius 1 is 1.36 bits per heavy atom. The van der Waals surface area contributed by atoms with Gasteiger partial charge in [-0.1, -0.05) is 18.6 Å². The summed E-state index contributed by atoms with van der Waals surface area (Å²) in [7, 11) is 0. The van der Waals surface area contributed by atoms with E-state index < -0.39 is 5.60 Å². The van der Waals surface area contributed by atoms with E-state index in [4.69, 9.17) is 0 Å². The smallest absolute Gasteiger partial charge is 0.252 e. The molecule has 0 bridgehead atoms. The first kappa shape index (κ1) is 15.3. The second kappa shape index (κ2) is 5.86. The maximum Gasteiger partial charge on any atom is 0.252 e. The van der Waals surface area contributed by atoms with E-state index in [-0.39, 0.29) is 5.56 Å². The summed E-state index contributed by atoms with van der Waals surface area (Å²) < 4.78 is 0. The molecule has 2 N–H and O–H groups in total. The van der Waals surface area contributed by atoms with Crippen molar-refractivity contribution in [2.45, 2.75) is 45.3 Å². The molecule has 22 heavy (non-hydrogen) atoms. The van der Waals surface area contributed by atoms with Gasteiger partial charge in [0.1, 0.15) is 0 Å². The lowest BCUT2D eigenvalue weighted by Crippen LogP contribution is -2.47. The minimum Gasteiger partial charge on any atom is -0.389 e. The summed E-state index contributed by atoms with van der Waals surface area (Å²) in [5, 5.41) is 11.5. The quantitative estimate of drug-likeness (QED) is 0.916. The SMILES string of the molecule is CCC1(O)CCCN(Cc2cc3cc(C)ccc3[nH]c2=O)C1. The summed E-state index contributed by atoms with van der Waals surface area (Å²) in [5.41, 5.74) is 2.21. The fourth-order valence-corrected chi connectivity index (χ4v) is 3.36. The minimum atomic E-state index is -0.599. The predicted molar refractivity (Wildman–Crippen MR) is 89.1 cm³/mol. The molecule has 0 amide bonds. The summed E-state index contributed by atoms with van der Waals surface area (Å²) in [4.78, 5) is 17.4. The third-order valence-corrected chi connectivity index (χ3v) is 4.76. The van der Waals surface area contributed by atoms with E-state index in [2.05, 4.69) is 22.9 Å². The van der Waals surface area contributed by atoms with Crippen LogP contribution in [0, 0.1) is 6.92 Å². The van der Waals surface area contributed by atoms with Crippen molar-refractivity contribution in [2.24, 2.45) is 0 Å². The Hall–Kier alpha value is -1.65. The van der Waals surface area contributed by atoms with Crippen LogP contribution < -0.4 is 5.56 Å². The molecule has 1 aliphatic heterocycles. The summed E-state index contributed by atoms with van der Waals surface area (Å²) in [6.45, 7) is 6.26. The monoisotopic (exact) mass is 300 g/mol. The molecule has 1 unspecified atom stereocenters. The number of likely N-dealkylation sites (tertiary alicyclic amines) is 1. The van der Waals surface area contributed by atoms with E-state index in [0.717, 1.165) is 42.3 Å². The molecule has 1 saturated heterocycles. The largest absolute Gasteiger partial charge is 0.389 e. The van der Waals surface area contributed by atoms with Gasteiger partial charge in [0.15, 0.2) is 0 Å². The highest BCUT2D eigenvalue weighted by molar-refractivity contribution is 5.79. The number of piperidine rings is 1. The third-order valence-electron chi connectivity index (χ3n) is 4.76. The summed E-state index contributed by atoms with van der Waals surface area (Å²) >= 11 is 0. The zero-order valence-corrected chi connectivity index (χ0v) is 13.4. The van der Waals surface area contributed by atoms with Crippen LogP contribution in [0.25, 0.3) is 10.9 Å². The molecule has 1 aliphatic rings. The van der Waals surface area contributed by atoms with Crippen LogP contribution in [-0.2, 0) is 6.54 Å². The van der Waals surface area contributed by atoms with Crippen LogP contribution in [0.15, 0.2) is 29.1 Å². The molecule has 0 aliphatic carbocycles. The first-order valence-corrected chi connectivity index (χ1v) is 8.06. The minimum absolute atomic E-state index is 0.0260. The molecule has 4 heteroatoms. The maximum absolute atomic E-state index is 12.3. The molecule has 4 nitrogen and oxygen atoms in total. The van der Waals surface area contributed by atoms with Gasteiger partial charge in [-0.3, -0.25) is 9.69 Å². The van der Waals surface area contributed by atoms with E-state index in [0.29, 0.717) is 13.1 Å². The van der Waals surface area contributed by atoms with Crippen LogP contribution in [0.4, 0.5) is 0 Å². The van der Waals surface area contributed by atoms with Crippen LogP contribution in [0.3, 0.4) is 0 Å². The van der Waals surface area contributed by atoms with Crippen LogP contribution in [0.2, 0.25) is 0 Å². The fourth-order valence-electron chi connectivity index (χ4n) is 3.36. The van der Waals surface area contributed by atoms with Gasteiger partial charge in [0.25, 0.3) is 5.56 Å². The van der Waals surface area contributed by atoms with Crippen molar-refractivity contribution in [2.75, 3.05) is 13.1 Å². The lowest BCUT2D eigenvalue weighted by molar-refractivity contribution is -0.0358. The van der Waals surface area contributed by atoms with Gasteiger partial charge in [0, 0.05) is 24.2 Å². The predicted octanol–water partition coefficient (Wildman–Crippen LogP) is 2.57. The third kappa shape index (κ3) is 3.08. The van der Waals surface area contributed by atoms with Gasteiger partial charge in [-0.05, 0) is 56.3 Å². The lowest BCUT2D eigenvalue weighted by atomic mass is 9.90. The van der Waals surface area contributed by atoms with Crippen LogP contribution in [0.1, 0.15) is 37.3 Å². The molecule has 1 fully saturated rings. The number of aryl methyl sites for hydroxylation is 1. The van der Waals surface area contributed by atoms with Gasteiger partial charge >= 0.3 is 0 Å². The molecule has 1 aromatic carbocycles.